The third-order valence-electron chi connectivity index (χ3n) is 6.23. The number of hydrogen-bond donors (Lipinski definition) is 2. The van der Waals surface area contributed by atoms with E-state index in [9.17, 15) is 4.79 Å². The number of rotatable bonds is 10. The maximum atomic E-state index is 11.9. The summed E-state index contributed by atoms with van der Waals surface area (Å²) in [6.45, 7) is 5.90. The molecule has 1 aliphatic carbocycles. The number of nitrogens with one attached hydrogen (secondary N) is 2. The Balaban J connectivity index is 0.00000363. The minimum atomic E-state index is 0. The van der Waals surface area contributed by atoms with E-state index in [1.165, 1.54) is 31.2 Å². The summed E-state index contributed by atoms with van der Waals surface area (Å²) in [5, 5.41) is 6.97. The summed E-state index contributed by atoms with van der Waals surface area (Å²) in [6.07, 6.45) is 8.06. The van der Waals surface area contributed by atoms with Crippen LogP contribution in [0.25, 0.3) is 0 Å². The average molecular weight is 553 g/mol. The normalized spacial score (nSPS) is 15.2. The molecule has 6 nitrogen and oxygen atoms in total. The summed E-state index contributed by atoms with van der Waals surface area (Å²) >= 11 is 0. The van der Waals surface area contributed by atoms with Crippen LogP contribution in [0.4, 0.5) is 0 Å². The van der Waals surface area contributed by atoms with Crippen molar-refractivity contribution >= 4 is 29.9 Å². The largest absolute Gasteiger partial charge is 0.382 e. The molecular formula is C25H37IN4O2. The van der Waals surface area contributed by atoms with Crippen molar-refractivity contribution in [2.24, 2.45) is 10.4 Å². The Morgan fingerprint density at radius 2 is 1.81 bits per heavy atom. The lowest BCUT2D eigenvalue weighted by molar-refractivity contribution is 0.105. The van der Waals surface area contributed by atoms with Gasteiger partial charge in [-0.05, 0) is 48.8 Å². The van der Waals surface area contributed by atoms with Crippen LogP contribution in [-0.2, 0) is 17.8 Å². The smallest absolute Gasteiger partial charge is 0.250 e. The zero-order valence-corrected chi connectivity index (χ0v) is 21.6. The molecule has 3 rings (SSSR count). The van der Waals surface area contributed by atoms with Gasteiger partial charge in [-0.25, -0.2) is 0 Å². The first-order valence-corrected chi connectivity index (χ1v) is 11.4. The summed E-state index contributed by atoms with van der Waals surface area (Å²) < 4.78 is 7.33. The molecule has 1 aromatic carbocycles. The van der Waals surface area contributed by atoms with Gasteiger partial charge in [0, 0.05) is 45.6 Å². The van der Waals surface area contributed by atoms with Crippen LogP contribution >= 0.6 is 24.0 Å². The van der Waals surface area contributed by atoms with Crippen LogP contribution in [0.3, 0.4) is 0 Å². The molecular weight excluding hydrogens is 515 g/mol. The zero-order valence-electron chi connectivity index (χ0n) is 19.3. The molecule has 2 aromatic rings. The van der Waals surface area contributed by atoms with Gasteiger partial charge in [-0.3, -0.25) is 9.79 Å². The van der Waals surface area contributed by atoms with Gasteiger partial charge >= 0.3 is 0 Å². The van der Waals surface area contributed by atoms with E-state index in [0.717, 1.165) is 37.7 Å². The molecule has 0 unspecified atom stereocenters. The highest BCUT2D eigenvalue weighted by molar-refractivity contribution is 14.0. The number of benzene rings is 1. The monoisotopic (exact) mass is 552 g/mol. The van der Waals surface area contributed by atoms with E-state index in [4.69, 9.17) is 4.74 Å². The third kappa shape index (κ3) is 7.92. The Morgan fingerprint density at radius 1 is 1.09 bits per heavy atom. The van der Waals surface area contributed by atoms with Gasteiger partial charge in [0.25, 0.3) is 5.56 Å². The molecule has 1 saturated carbocycles. The van der Waals surface area contributed by atoms with Crippen LogP contribution in [-0.4, -0.2) is 37.3 Å². The van der Waals surface area contributed by atoms with Crippen molar-refractivity contribution in [2.75, 3.05) is 26.8 Å². The number of nitrogens with zero attached hydrogens (tertiary/aromatic N) is 2. The first kappa shape index (κ1) is 26.4. The summed E-state index contributed by atoms with van der Waals surface area (Å²) in [5.41, 5.74) is 2.63. The lowest BCUT2D eigenvalue weighted by Crippen LogP contribution is -2.43. The van der Waals surface area contributed by atoms with Gasteiger partial charge in [0.2, 0.25) is 0 Å². The van der Waals surface area contributed by atoms with Crippen LogP contribution in [0.15, 0.2) is 58.4 Å². The third-order valence-corrected chi connectivity index (χ3v) is 6.23. The van der Waals surface area contributed by atoms with Crippen molar-refractivity contribution < 1.29 is 4.74 Å². The summed E-state index contributed by atoms with van der Waals surface area (Å²) in [4.78, 5) is 16.3. The molecule has 32 heavy (non-hydrogen) atoms. The van der Waals surface area contributed by atoms with E-state index in [0.29, 0.717) is 18.5 Å². The van der Waals surface area contributed by atoms with Crippen molar-refractivity contribution in [1.29, 1.82) is 0 Å². The Bertz CT molecular complexity index is 889. The molecule has 0 saturated heterocycles. The second-order valence-corrected chi connectivity index (χ2v) is 8.42. The second kappa shape index (κ2) is 13.6. The van der Waals surface area contributed by atoms with Crippen LogP contribution in [0.1, 0.15) is 50.2 Å². The Kier molecular flexibility index (Phi) is 11.2. The van der Waals surface area contributed by atoms with Gasteiger partial charge in [0.1, 0.15) is 0 Å². The quantitative estimate of drug-likeness (QED) is 0.201. The molecule has 1 heterocycles. The predicted molar refractivity (Wildman–Crippen MR) is 142 cm³/mol. The topological polar surface area (TPSA) is 67.7 Å². The molecule has 1 aliphatic rings. The predicted octanol–water partition coefficient (Wildman–Crippen LogP) is 4.17. The van der Waals surface area contributed by atoms with Gasteiger partial charge in [-0.1, -0.05) is 43.2 Å². The zero-order chi connectivity index (χ0) is 21.9. The molecule has 176 valence electrons. The van der Waals surface area contributed by atoms with E-state index in [1.54, 1.807) is 16.7 Å². The minimum Gasteiger partial charge on any atom is -0.382 e. The molecule has 0 radical (unpaired) electrons. The summed E-state index contributed by atoms with van der Waals surface area (Å²) in [5.74, 6) is 0.836. The van der Waals surface area contributed by atoms with Crippen molar-refractivity contribution in [3.63, 3.8) is 0 Å². The Hall–Kier alpha value is -1.87. The van der Waals surface area contributed by atoms with Crippen LogP contribution in [0.5, 0.6) is 0 Å². The van der Waals surface area contributed by atoms with Crippen molar-refractivity contribution in [1.82, 2.24) is 15.2 Å². The molecule has 0 spiro atoms. The maximum Gasteiger partial charge on any atom is 0.250 e. The number of pyridine rings is 1. The van der Waals surface area contributed by atoms with E-state index >= 15 is 0 Å². The van der Waals surface area contributed by atoms with Crippen molar-refractivity contribution in [3.8, 4) is 0 Å². The average Bonchev–Trinajstić information content (AvgIpc) is 3.26. The minimum absolute atomic E-state index is 0. The van der Waals surface area contributed by atoms with Crippen LogP contribution in [0, 0.1) is 5.41 Å². The number of hydrogen-bond acceptors (Lipinski definition) is 3. The SMILES string of the molecule is CCOCCC1(CNC(=NC)NCc2ccc(Cn3ccccc3=O)cc2)CCCC1.I. The maximum absolute atomic E-state index is 11.9. The van der Waals surface area contributed by atoms with Gasteiger partial charge in [0.05, 0.1) is 6.54 Å². The van der Waals surface area contributed by atoms with Crippen molar-refractivity contribution in [2.45, 2.75) is 52.1 Å². The standard InChI is InChI=1S/C25H36N4O2.HI/c1-3-31-17-15-25(13-5-6-14-25)20-28-24(26-2)27-18-21-9-11-22(12-10-21)19-29-16-7-4-8-23(29)30;/h4,7-12,16H,3,5-6,13-15,17-20H2,1-2H3,(H2,26,27,28);1H. The summed E-state index contributed by atoms with van der Waals surface area (Å²) in [6, 6.07) is 13.6. The highest BCUT2D eigenvalue weighted by Crippen LogP contribution is 2.40. The number of halogens is 1. The molecule has 1 aromatic heterocycles. The van der Waals surface area contributed by atoms with Gasteiger partial charge in [0.15, 0.2) is 5.96 Å². The molecule has 0 atom stereocenters. The van der Waals surface area contributed by atoms with Crippen molar-refractivity contribution in [3.05, 3.63) is 70.1 Å². The lowest BCUT2D eigenvalue weighted by Gasteiger charge is -2.30. The van der Waals surface area contributed by atoms with Gasteiger partial charge < -0.3 is 19.9 Å². The number of guanidine groups is 1. The van der Waals surface area contributed by atoms with E-state index in [-0.39, 0.29) is 29.5 Å². The Morgan fingerprint density at radius 3 is 2.47 bits per heavy atom. The molecule has 2 N–H and O–H groups in total. The highest BCUT2D eigenvalue weighted by atomic mass is 127. The fourth-order valence-electron chi connectivity index (χ4n) is 4.30. The lowest BCUT2D eigenvalue weighted by atomic mass is 9.83. The first-order chi connectivity index (χ1) is 15.1. The molecule has 0 amide bonds. The fourth-order valence-corrected chi connectivity index (χ4v) is 4.30. The molecule has 1 fully saturated rings. The van der Waals surface area contributed by atoms with E-state index in [1.807, 2.05) is 19.3 Å². The van der Waals surface area contributed by atoms with E-state index in [2.05, 4.69) is 46.8 Å². The molecule has 0 bridgehead atoms. The first-order valence-electron chi connectivity index (χ1n) is 11.4. The number of aliphatic imine (C=N–C) groups is 1. The van der Waals surface area contributed by atoms with Crippen LogP contribution in [0.2, 0.25) is 0 Å². The molecule has 7 heteroatoms. The second-order valence-electron chi connectivity index (χ2n) is 8.42. The Labute approximate surface area is 208 Å². The number of ether oxygens (including phenoxy) is 1. The van der Waals surface area contributed by atoms with Crippen LogP contribution < -0.4 is 16.2 Å². The van der Waals surface area contributed by atoms with E-state index < -0.39 is 0 Å². The van der Waals surface area contributed by atoms with Gasteiger partial charge in [-0.15, -0.1) is 24.0 Å². The summed E-state index contributed by atoms with van der Waals surface area (Å²) in [7, 11) is 1.82. The number of aromatic nitrogens is 1. The molecule has 0 aliphatic heterocycles. The highest BCUT2D eigenvalue weighted by Gasteiger charge is 2.33. The fraction of sp³-hybridized carbons (Fsp3) is 0.520. The van der Waals surface area contributed by atoms with Gasteiger partial charge in [-0.2, -0.15) is 0 Å².